The summed E-state index contributed by atoms with van der Waals surface area (Å²) in [7, 11) is 0. The number of carbonyl (C=O) groups excluding carboxylic acids is 1. The van der Waals surface area contributed by atoms with Gasteiger partial charge >= 0.3 is 5.97 Å². The first kappa shape index (κ1) is 6.43. The van der Waals surface area contributed by atoms with Crippen molar-refractivity contribution in [3.63, 3.8) is 0 Å². The highest BCUT2D eigenvalue weighted by molar-refractivity contribution is 5.66. The zero-order valence-electron chi connectivity index (χ0n) is 4.02. The maximum Gasteiger partial charge on any atom is 0.355 e. The summed E-state index contributed by atoms with van der Waals surface area (Å²) in [6.45, 7) is 0.425. The van der Waals surface area contributed by atoms with Gasteiger partial charge in [0.25, 0.3) is 0 Å². The molecule has 0 atom stereocenters. The van der Waals surface area contributed by atoms with E-state index in [4.69, 9.17) is 5.73 Å². The molecule has 3 nitrogen and oxygen atoms in total. The molecule has 0 aromatic heterocycles. The molecule has 0 aromatic carbocycles. The molecule has 0 bridgehead atoms. The van der Waals surface area contributed by atoms with Crippen LogP contribution in [0.25, 0.3) is 0 Å². The van der Waals surface area contributed by atoms with Crippen molar-refractivity contribution in [2.45, 2.75) is 12.8 Å². The quantitative estimate of drug-likeness (QED) is 0.531. The third kappa shape index (κ3) is 5.43. The number of carbonyl (C=O) groups is 1. The minimum atomic E-state index is -1.02. The highest BCUT2D eigenvalue weighted by Crippen LogP contribution is 1.82. The van der Waals surface area contributed by atoms with Crippen LogP contribution in [0.5, 0.6) is 0 Å². The second kappa shape index (κ2) is 3.61. The Morgan fingerprint density at radius 3 is 2.29 bits per heavy atom. The van der Waals surface area contributed by atoms with Crippen molar-refractivity contribution in [1.29, 1.82) is 0 Å². The Morgan fingerprint density at radius 1 is 1.57 bits per heavy atom. The lowest BCUT2D eigenvalue weighted by Gasteiger charge is -1.83. The van der Waals surface area contributed by atoms with E-state index in [1.165, 1.54) is 0 Å². The molecular weight excluding hydrogens is 94.0 g/mol. The molecule has 0 aromatic rings. The fourth-order valence-electron chi connectivity index (χ4n) is 0.246. The van der Waals surface area contributed by atoms with Gasteiger partial charge in [0.15, 0.2) is 0 Å². The minimum absolute atomic E-state index is 0.0799. The molecule has 3 heteroatoms. The van der Waals surface area contributed by atoms with E-state index in [9.17, 15) is 9.90 Å². The number of rotatable bonds is 3. The van der Waals surface area contributed by atoms with Gasteiger partial charge in [-0.25, -0.2) is 9.90 Å². The molecule has 0 aliphatic heterocycles. The lowest BCUT2D eigenvalue weighted by Crippen LogP contribution is -2.01. The normalized spacial score (nSPS) is 8.71. The summed E-state index contributed by atoms with van der Waals surface area (Å²) in [5, 5.41) is 9.59. The highest BCUT2D eigenvalue weighted by atomic mass is 16.4. The van der Waals surface area contributed by atoms with Crippen molar-refractivity contribution in [3.05, 3.63) is 0 Å². The summed E-state index contributed by atoms with van der Waals surface area (Å²) >= 11 is 0. The summed E-state index contributed by atoms with van der Waals surface area (Å²) in [6, 6.07) is 0. The van der Waals surface area contributed by atoms with Gasteiger partial charge < -0.3 is 5.73 Å². The van der Waals surface area contributed by atoms with Crippen molar-refractivity contribution >= 4 is 5.97 Å². The van der Waals surface area contributed by atoms with Gasteiger partial charge in [-0.1, -0.05) is 0 Å². The Morgan fingerprint density at radius 2 is 2.14 bits per heavy atom. The molecular formula is C4H8NO2. The largest absolute Gasteiger partial charge is 0.355 e. The van der Waals surface area contributed by atoms with Crippen molar-refractivity contribution in [2.24, 2.45) is 5.73 Å². The molecule has 0 saturated heterocycles. The smallest absolute Gasteiger partial charge is 0.330 e. The molecule has 0 aliphatic carbocycles. The van der Waals surface area contributed by atoms with E-state index in [1.54, 1.807) is 0 Å². The minimum Gasteiger partial charge on any atom is -0.330 e. The monoisotopic (exact) mass is 102 g/mol. The average Bonchev–Trinajstić information content (AvgIpc) is 1.61. The molecule has 2 N–H and O–H groups in total. The molecule has 0 spiro atoms. The maximum absolute atomic E-state index is 9.59. The van der Waals surface area contributed by atoms with Gasteiger partial charge in [0.05, 0.1) is 6.42 Å². The summed E-state index contributed by atoms with van der Waals surface area (Å²) < 4.78 is 0. The zero-order valence-corrected chi connectivity index (χ0v) is 4.02. The Hall–Kier alpha value is -0.570. The number of nitrogens with two attached hydrogens (primary N) is 1. The van der Waals surface area contributed by atoms with Crippen LogP contribution in [0.3, 0.4) is 0 Å². The van der Waals surface area contributed by atoms with Gasteiger partial charge in [0.2, 0.25) is 0 Å². The summed E-state index contributed by atoms with van der Waals surface area (Å²) in [4.78, 5) is 9.59. The molecule has 1 radical (unpaired) electrons. The summed E-state index contributed by atoms with van der Waals surface area (Å²) in [5.74, 6) is -1.02. The van der Waals surface area contributed by atoms with Gasteiger partial charge in [0, 0.05) is 0 Å². The van der Waals surface area contributed by atoms with Crippen LogP contribution in [0.15, 0.2) is 0 Å². The Kier molecular flexibility index (Phi) is 3.32. The second-order valence-corrected chi connectivity index (χ2v) is 1.26. The SMILES string of the molecule is NCCCC([O])=O. The molecule has 41 valence electrons. The van der Waals surface area contributed by atoms with Crippen molar-refractivity contribution in [2.75, 3.05) is 6.54 Å². The first-order chi connectivity index (χ1) is 3.27. The topological polar surface area (TPSA) is 63.0 Å². The average molecular weight is 102 g/mol. The predicted molar refractivity (Wildman–Crippen MR) is 24.0 cm³/mol. The van der Waals surface area contributed by atoms with E-state index < -0.39 is 5.97 Å². The van der Waals surface area contributed by atoms with Gasteiger partial charge in [0.1, 0.15) is 0 Å². The molecule has 7 heavy (non-hydrogen) atoms. The van der Waals surface area contributed by atoms with Crippen LogP contribution >= 0.6 is 0 Å². The lowest BCUT2D eigenvalue weighted by atomic mass is 10.3. The fraction of sp³-hybridized carbons (Fsp3) is 0.750. The highest BCUT2D eigenvalue weighted by Gasteiger charge is 1.94. The van der Waals surface area contributed by atoms with Crippen molar-refractivity contribution in [1.82, 2.24) is 0 Å². The first-order valence-corrected chi connectivity index (χ1v) is 2.17. The number of hydrogen-bond acceptors (Lipinski definition) is 2. The Labute approximate surface area is 42.1 Å². The maximum atomic E-state index is 9.59. The van der Waals surface area contributed by atoms with Crippen LogP contribution in [-0.4, -0.2) is 12.5 Å². The Bertz CT molecular complexity index is 62.7. The molecule has 0 rings (SSSR count). The van der Waals surface area contributed by atoms with Gasteiger partial charge in [-0.15, -0.1) is 0 Å². The Balaban J connectivity index is 2.82. The first-order valence-electron chi connectivity index (χ1n) is 2.17. The van der Waals surface area contributed by atoms with E-state index in [1.807, 2.05) is 0 Å². The summed E-state index contributed by atoms with van der Waals surface area (Å²) in [6.07, 6.45) is 0.596. The van der Waals surface area contributed by atoms with Gasteiger partial charge in [-0.05, 0) is 13.0 Å². The molecule has 0 heterocycles. The standard InChI is InChI=1S/C4H8NO2/c5-3-1-2-4(6)7/h1-3,5H2. The molecule has 0 unspecified atom stereocenters. The van der Waals surface area contributed by atoms with Crippen molar-refractivity contribution < 1.29 is 9.90 Å². The van der Waals surface area contributed by atoms with E-state index in [0.29, 0.717) is 13.0 Å². The van der Waals surface area contributed by atoms with Crippen LogP contribution in [0.4, 0.5) is 0 Å². The predicted octanol–water partition coefficient (Wildman–Crippen LogP) is -0.318. The van der Waals surface area contributed by atoms with Crippen LogP contribution in [0, 0.1) is 0 Å². The fourth-order valence-corrected chi connectivity index (χ4v) is 0.246. The molecule has 0 fully saturated rings. The van der Waals surface area contributed by atoms with Gasteiger partial charge in [-0.3, -0.25) is 0 Å². The molecule has 0 saturated carbocycles. The van der Waals surface area contributed by atoms with Crippen molar-refractivity contribution in [3.8, 4) is 0 Å². The summed E-state index contributed by atoms with van der Waals surface area (Å²) in [5.41, 5.74) is 4.99. The van der Waals surface area contributed by atoms with Crippen LogP contribution in [-0.2, 0) is 9.90 Å². The third-order valence-electron chi connectivity index (χ3n) is 0.585. The molecule has 0 amide bonds. The van der Waals surface area contributed by atoms with E-state index in [2.05, 4.69) is 0 Å². The van der Waals surface area contributed by atoms with Crippen LogP contribution in [0.1, 0.15) is 12.8 Å². The molecule has 0 aliphatic rings. The second-order valence-electron chi connectivity index (χ2n) is 1.26. The van der Waals surface area contributed by atoms with Crippen LogP contribution in [0.2, 0.25) is 0 Å². The lowest BCUT2D eigenvalue weighted by molar-refractivity contribution is -0.143. The van der Waals surface area contributed by atoms with E-state index >= 15 is 0 Å². The number of hydrogen-bond donors (Lipinski definition) is 1. The van der Waals surface area contributed by atoms with Crippen LogP contribution < -0.4 is 5.73 Å². The van der Waals surface area contributed by atoms with E-state index in [0.717, 1.165) is 0 Å². The van der Waals surface area contributed by atoms with E-state index in [-0.39, 0.29) is 6.42 Å². The van der Waals surface area contributed by atoms with Gasteiger partial charge in [-0.2, -0.15) is 0 Å². The third-order valence-corrected chi connectivity index (χ3v) is 0.585. The zero-order chi connectivity index (χ0) is 5.70.